The average Bonchev–Trinajstić information content (AvgIpc) is 2.57. The van der Waals surface area contributed by atoms with Crippen LogP contribution in [-0.2, 0) is 15.3 Å². The van der Waals surface area contributed by atoms with E-state index in [0.29, 0.717) is 11.3 Å². The number of hydrogen-bond acceptors (Lipinski definition) is 4. The van der Waals surface area contributed by atoms with E-state index in [2.05, 4.69) is 10.1 Å². The van der Waals surface area contributed by atoms with E-state index >= 15 is 0 Å². The van der Waals surface area contributed by atoms with Gasteiger partial charge in [0.15, 0.2) is 0 Å². The second-order valence-corrected chi connectivity index (χ2v) is 5.69. The first-order valence-corrected chi connectivity index (χ1v) is 8.05. The lowest BCUT2D eigenvalue weighted by Gasteiger charge is -2.06. The molecule has 0 aliphatic carbocycles. The Morgan fingerprint density at radius 1 is 1.13 bits per heavy atom. The van der Waals surface area contributed by atoms with Crippen LogP contribution >= 0.6 is 11.8 Å². The van der Waals surface area contributed by atoms with Gasteiger partial charge in [-0.1, -0.05) is 24.3 Å². The van der Waals surface area contributed by atoms with Gasteiger partial charge < -0.3 is 10.1 Å². The van der Waals surface area contributed by atoms with Crippen LogP contribution in [-0.4, -0.2) is 24.7 Å². The topological polar surface area (TPSA) is 55.4 Å². The molecular weight excluding hydrogens is 317 g/mol. The average molecular weight is 333 g/mol. The molecule has 2 aromatic carbocycles. The van der Waals surface area contributed by atoms with Crippen molar-refractivity contribution in [1.29, 1.82) is 0 Å². The van der Waals surface area contributed by atoms with Crippen molar-refractivity contribution in [2.75, 3.05) is 18.2 Å². The Morgan fingerprint density at radius 2 is 1.83 bits per heavy atom. The van der Waals surface area contributed by atoms with Gasteiger partial charge in [0.05, 0.1) is 24.1 Å². The van der Waals surface area contributed by atoms with Crippen LogP contribution in [0.5, 0.6) is 0 Å². The van der Waals surface area contributed by atoms with Crippen molar-refractivity contribution < 1.29 is 18.7 Å². The number of nitrogens with one attached hydrogen (secondary N) is 1. The monoisotopic (exact) mass is 333 g/mol. The first-order valence-electron chi connectivity index (χ1n) is 6.89. The molecule has 0 heterocycles. The fraction of sp³-hybridized carbons (Fsp3) is 0.176. The smallest absolute Gasteiger partial charge is 0.337 e. The summed E-state index contributed by atoms with van der Waals surface area (Å²) in [6, 6.07) is 13.0. The number of esters is 1. The summed E-state index contributed by atoms with van der Waals surface area (Å²) >= 11 is 1.41. The van der Waals surface area contributed by atoms with E-state index in [9.17, 15) is 14.0 Å². The van der Waals surface area contributed by atoms with Crippen LogP contribution in [0.2, 0.25) is 0 Å². The van der Waals surface area contributed by atoms with Crippen LogP contribution in [0.25, 0.3) is 0 Å². The molecule has 4 nitrogen and oxygen atoms in total. The second-order valence-electron chi connectivity index (χ2n) is 4.71. The van der Waals surface area contributed by atoms with E-state index < -0.39 is 5.82 Å². The van der Waals surface area contributed by atoms with Gasteiger partial charge in [0.25, 0.3) is 0 Å². The molecule has 0 fully saturated rings. The number of anilines is 1. The highest BCUT2D eigenvalue weighted by atomic mass is 32.2. The van der Waals surface area contributed by atoms with Crippen LogP contribution in [0.15, 0.2) is 48.5 Å². The maximum atomic E-state index is 13.4. The molecule has 0 aliphatic rings. The summed E-state index contributed by atoms with van der Waals surface area (Å²) in [5, 5.41) is 2.53. The zero-order chi connectivity index (χ0) is 16.7. The Hall–Kier alpha value is -2.34. The molecule has 0 aliphatic heterocycles. The van der Waals surface area contributed by atoms with Crippen molar-refractivity contribution in [3.05, 3.63) is 65.5 Å². The Bertz CT molecular complexity index is 688. The van der Waals surface area contributed by atoms with Crippen molar-refractivity contribution in [3.8, 4) is 0 Å². The number of rotatable bonds is 6. The number of carbonyl (C=O) groups excluding carboxylic acids is 2. The molecule has 120 valence electrons. The third-order valence-electron chi connectivity index (χ3n) is 3.02. The molecule has 2 aromatic rings. The normalized spacial score (nSPS) is 10.2. The third kappa shape index (κ3) is 5.10. The lowest BCUT2D eigenvalue weighted by Crippen LogP contribution is -2.15. The fourth-order valence-corrected chi connectivity index (χ4v) is 2.65. The van der Waals surface area contributed by atoms with E-state index in [4.69, 9.17) is 0 Å². The van der Waals surface area contributed by atoms with Crippen molar-refractivity contribution in [1.82, 2.24) is 0 Å². The molecule has 0 atom stereocenters. The predicted molar refractivity (Wildman–Crippen MR) is 89.0 cm³/mol. The van der Waals surface area contributed by atoms with Gasteiger partial charge in [-0.05, 0) is 29.8 Å². The number of thioether (sulfide) groups is 1. The lowest BCUT2D eigenvalue weighted by atomic mass is 10.1. The van der Waals surface area contributed by atoms with Crippen LogP contribution in [0.1, 0.15) is 15.9 Å². The molecule has 0 saturated heterocycles. The first kappa shape index (κ1) is 17.0. The molecule has 23 heavy (non-hydrogen) atoms. The molecule has 0 saturated carbocycles. The lowest BCUT2D eigenvalue weighted by molar-refractivity contribution is -0.113. The number of hydrogen-bond donors (Lipinski definition) is 1. The standard InChI is InChI=1S/C17H16FNO3S/c1-22-17(21)13-8-6-12(7-9-13)10-23-11-16(20)19-15-5-3-2-4-14(15)18/h2-9H,10-11H2,1H3,(H,19,20). The van der Waals surface area contributed by atoms with E-state index in [1.807, 2.05) is 12.1 Å². The van der Waals surface area contributed by atoms with Crippen molar-refractivity contribution in [2.24, 2.45) is 0 Å². The van der Waals surface area contributed by atoms with Crippen molar-refractivity contribution >= 4 is 29.3 Å². The minimum atomic E-state index is -0.454. The number of benzene rings is 2. The molecule has 0 spiro atoms. The number of para-hydroxylation sites is 1. The van der Waals surface area contributed by atoms with Crippen LogP contribution < -0.4 is 5.32 Å². The molecule has 0 unspecified atom stereocenters. The van der Waals surface area contributed by atoms with Crippen molar-refractivity contribution in [2.45, 2.75) is 5.75 Å². The Kier molecular flexibility index (Phi) is 6.17. The van der Waals surface area contributed by atoms with Crippen LogP contribution in [0.3, 0.4) is 0 Å². The molecule has 0 aromatic heterocycles. The third-order valence-corrected chi connectivity index (χ3v) is 4.03. The minimum Gasteiger partial charge on any atom is -0.465 e. The number of halogens is 1. The summed E-state index contributed by atoms with van der Waals surface area (Å²) < 4.78 is 18.0. The molecule has 2 rings (SSSR count). The largest absolute Gasteiger partial charge is 0.465 e. The van der Waals surface area contributed by atoms with Gasteiger partial charge in [-0.15, -0.1) is 11.8 Å². The zero-order valence-corrected chi connectivity index (χ0v) is 13.4. The van der Waals surface area contributed by atoms with Gasteiger partial charge in [-0.3, -0.25) is 4.79 Å². The summed E-state index contributed by atoms with van der Waals surface area (Å²) in [7, 11) is 1.33. The highest BCUT2D eigenvalue weighted by molar-refractivity contribution is 7.99. The van der Waals surface area contributed by atoms with Crippen LogP contribution in [0.4, 0.5) is 10.1 Å². The second kappa shape index (κ2) is 8.33. The molecule has 0 radical (unpaired) electrons. The number of ether oxygens (including phenoxy) is 1. The molecular formula is C17H16FNO3S. The quantitative estimate of drug-likeness (QED) is 0.822. The molecule has 1 amide bonds. The number of methoxy groups -OCH3 is 1. The van der Waals surface area contributed by atoms with Gasteiger partial charge in [0, 0.05) is 5.75 Å². The summed E-state index contributed by atoms with van der Waals surface area (Å²) in [5.41, 5.74) is 1.65. The summed E-state index contributed by atoms with van der Waals surface area (Å²) in [6.45, 7) is 0. The maximum Gasteiger partial charge on any atom is 0.337 e. The SMILES string of the molecule is COC(=O)c1ccc(CSCC(=O)Nc2ccccc2F)cc1. The van der Waals surface area contributed by atoms with Gasteiger partial charge in [0.2, 0.25) is 5.91 Å². The van der Waals surface area contributed by atoms with E-state index in [1.165, 1.54) is 31.0 Å². The van der Waals surface area contributed by atoms with E-state index in [1.54, 1.807) is 24.3 Å². The maximum absolute atomic E-state index is 13.4. The van der Waals surface area contributed by atoms with Crippen LogP contribution in [0, 0.1) is 5.82 Å². The predicted octanol–water partition coefficient (Wildman–Crippen LogP) is 3.48. The summed E-state index contributed by atoms with van der Waals surface area (Å²) in [6.07, 6.45) is 0. The van der Waals surface area contributed by atoms with Gasteiger partial charge >= 0.3 is 5.97 Å². The minimum absolute atomic E-state index is 0.181. The van der Waals surface area contributed by atoms with E-state index in [0.717, 1.165) is 5.56 Å². The van der Waals surface area contributed by atoms with E-state index in [-0.39, 0.29) is 23.3 Å². The molecule has 0 bridgehead atoms. The fourth-order valence-electron chi connectivity index (χ4n) is 1.87. The van der Waals surface area contributed by atoms with Crippen molar-refractivity contribution in [3.63, 3.8) is 0 Å². The van der Waals surface area contributed by atoms with Gasteiger partial charge in [-0.25, -0.2) is 9.18 Å². The van der Waals surface area contributed by atoms with Gasteiger partial charge in [-0.2, -0.15) is 0 Å². The Labute approximate surface area is 138 Å². The zero-order valence-electron chi connectivity index (χ0n) is 12.5. The summed E-state index contributed by atoms with van der Waals surface area (Å²) in [4.78, 5) is 23.1. The molecule has 6 heteroatoms. The van der Waals surface area contributed by atoms with Gasteiger partial charge in [0.1, 0.15) is 5.82 Å². The molecule has 1 N–H and O–H groups in total. The highest BCUT2D eigenvalue weighted by Gasteiger charge is 2.07. The number of carbonyl (C=O) groups is 2. The Morgan fingerprint density at radius 3 is 2.48 bits per heavy atom. The first-order chi connectivity index (χ1) is 11.1. The summed E-state index contributed by atoms with van der Waals surface area (Å²) in [5.74, 6) is -0.261. The number of amides is 1. The highest BCUT2D eigenvalue weighted by Crippen LogP contribution is 2.16. The Balaban J connectivity index is 1.79.